The van der Waals surface area contributed by atoms with Crippen LogP contribution in [0.1, 0.15) is 21.5 Å². The van der Waals surface area contributed by atoms with E-state index >= 15 is 0 Å². The Kier molecular flexibility index (Phi) is 5.70. The molecule has 0 atom stereocenters. The highest BCUT2D eigenvalue weighted by molar-refractivity contribution is 6.07. The highest BCUT2D eigenvalue weighted by Gasteiger charge is 2.22. The summed E-state index contributed by atoms with van der Waals surface area (Å²) in [5.41, 5.74) is 3.54. The number of hydrogen-bond donors (Lipinski definition) is 2. The Balaban J connectivity index is 2.21. The Morgan fingerprint density at radius 3 is 2.61 bits per heavy atom. The first-order valence-electron chi connectivity index (χ1n) is 8.72. The molecule has 0 aliphatic rings. The monoisotopic (exact) mass is 385 g/mol. The Hall–Kier alpha value is -3.26. The quantitative estimate of drug-likeness (QED) is 0.369. The minimum absolute atomic E-state index is 0.0464. The molecule has 0 bridgehead atoms. The van der Waals surface area contributed by atoms with Crippen molar-refractivity contribution >= 4 is 16.9 Å². The summed E-state index contributed by atoms with van der Waals surface area (Å²) >= 11 is 0. The minimum atomic E-state index is -0.693. The van der Waals surface area contributed by atoms with Gasteiger partial charge in [-0.15, -0.1) is 0 Å². The molecular formula is C20H20FN3O4. The van der Waals surface area contributed by atoms with E-state index < -0.39 is 16.7 Å². The molecule has 0 aliphatic carbocycles. The largest absolute Gasteiger partial charge is 0.465 e. The van der Waals surface area contributed by atoms with Gasteiger partial charge in [0.1, 0.15) is 5.82 Å². The summed E-state index contributed by atoms with van der Waals surface area (Å²) in [6.07, 6.45) is 0.0935. The van der Waals surface area contributed by atoms with Crippen LogP contribution in [0.25, 0.3) is 22.2 Å². The van der Waals surface area contributed by atoms with E-state index in [1.54, 1.807) is 0 Å². The maximum absolute atomic E-state index is 14.0. The Bertz CT molecular complexity index is 1030. The normalized spacial score (nSPS) is 11.0. The number of aromatic amines is 1. The fourth-order valence-corrected chi connectivity index (χ4v) is 3.33. The van der Waals surface area contributed by atoms with Crippen LogP contribution in [0.2, 0.25) is 0 Å². The molecule has 0 fully saturated rings. The lowest BCUT2D eigenvalue weighted by Gasteiger charge is -2.07. The van der Waals surface area contributed by atoms with Gasteiger partial charge in [-0.25, -0.2) is 9.18 Å². The lowest BCUT2D eigenvalue weighted by atomic mass is 9.98. The SMILES string of the molecule is CNCc1ccc(-c2[nH]c3cc(F)cc(C(=O)OC)c3c2CC[N+](=O)[O-])cc1. The van der Waals surface area contributed by atoms with Crippen LogP contribution in [0, 0.1) is 15.9 Å². The number of benzene rings is 2. The Morgan fingerprint density at radius 2 is 2.00 bits per heavy atom. The van der Waals surface area contributed by atoms with E-state index in [-0.39, 0.29) is 18.5 Å². The van der Waals surface area contributed by atoms with Gasteiger partial charge in [-0.1, -0.05) is 24.3 Å². The summed E-state index contributed by atoms with van der Waals surface area (Å²) in [5, 5.41) is 14.5. The first kappa shape index (κ1) is 19.5. The van der Waals surface area contributed by atoms with Crippen molar-refractivity contribution in [3.63, 3.8) is 0 Å². The Labute approximate surface area is 160 Å². The van der Waals surface area contributed by atoms with E-state index in [4.69, 9.17) is 4.74 Å². The fourth-order valence-electron chi connectivity index (χ4n) is 3.33. The van der Waals surface area contributed by atoms with Gasteiger partial charge in [0.05, 0.1) is 12.7 Å². The van der Waals surface area contributed by atoms with Gasteiger partial charge < -0.3 is 15.0 Å². The van der Waals surface area contributed by atoms with E-state index in [9.17, 15) is 19.3 Å². The van der Waals surface area contributed by atoms with Crippen molar-refractivity contribution in [3.8, 4) is 11.3 Å². The van der Waals surface area contributed by atoms with Gasteiger partial charge in [0.25, 0.3) is 0 Å². The number of methoxy groups -OCH3 is 1. The van der Waals surface area contributed by atoms with Crippen molar-refractivity contribution in [2.45, 2.75) is 13.0 Å². The second-order valence-electron chi connectivity index (χ2n) is 6.38. The summed E-state index contributed by atoms with van der Waals surface area (Å²) < 4.78 is 18.8. The molecule has 2 N–H and O–H groups in total. The van der Waals surface area contributed by atoms with Crippen molar-refractivity contribution < 1.29 is 18.8 Å². The minimum Gasteiger partial charge on any atom is -0.465 e. The number of nitrogens with zero attached hydrogens (tertiary/aromatic N) is 1. The highest BCUT2D eigenvalue weighted by atomic mass is 19.1. The van der Waals surface area contributed by atoms with E-state index in [1.165, 1.54) is 13.2 Å². The van der Waals surface area contributed by atoms with Crippen LogP contribution in [0.15, 0.2) is 36.4 Å². The van der Waals surface area contributed by atoms with Crippen LogP contribution < -0.4 is 5.32 Å². The van der Waals surface area contributed by atoms with Crippen molar-refractivity contribution in [2.24, 2.45) is 0 Å². The molecule has 1 aromatic heterocycles. The molecule has 0 radical (unpaired) electrons. The molecular weight excluding hydrogens is 365 g/mol. The number of hydrogen-bond acceptors (Lipinski definition) is 5. The van der Waals surface area contributed by atoms with E-state index in [0.29, 0.717) is 28.7 Å². The van der Waals surface area contributed by atoms with E-state index in [0.717, 1.165) is 17.2 Å². The first-order valence-corrected chi connectivity index (χ1v) is 8.72. The second kappa shape index (κ2) is 8.18. The molecule has 0 saturated carbocycles. The lowest BCUT2D eigenvalue weighted by Crippen LogP contribution is -2.07. The number of carbonyl (C=O) groups is 1. The third-order valence-corrected chi connectivity index (χ3v) is 4.54. The van der Waals surface area contributed by atoms with Crippen LogP contribution in [-0.2, 0) is 17.7 Å². The maximum atomic E-state index is 14.0. The lowest BCUT2D eigenvalue weighted by molar-refractivity contribution is -0.479. The second-order valence-corrected chi connectivity index (χ2v) is 6.38. The predicted octanol–water partition coefficient (Wildman–Crippen LogP) is 3.30. The summed E-state index contributed by atoms with van der Waals surface area (Å²) in [7, 11) is 3.06. The molecule has 8 heteroatoms. The summed E-state index contributed by atoms with van der Waals surface area (Å²) in [6, 6.07) is 10.0. The first-order chi connectivity index (χ1) is 13.4. The number of carbonyl (C=O) groups excluding carboxylic acids is 1. The highest BCUT2D eigenvalue weighted by Crippen LogP contribution is 2.34. The zero-order valence-corrected chi connectivity index (χ0v) is 15.5. The van der Waals surface area contributed by atoms with Crippen LogP contribution in [0.5, 0.6) is 0 Å². The number of H-pyrrole nitrogens is 1. The van der Waals surface area contributed by atoms with Gasteiger partial charge >= 0.3 is 5.97 Å². The molecule has 0 aliphatic heterocycles. The number of ether oxygens (including phenoxy) is 1. The average molecular weight is 385 g/mol. The van der Waals surface area contributed by atoms with Gasteiger partial charge in [0, 0.05) is 34.5 Å². The van der Waals surface area contributed by atoms with E-state index in [1.807, 2.05) is 31.3 Å². The zero-order chi connectivity index (χ0) is 20.3. The van der Waals surface area contributed by atoms with Gasteiger partial charge in [-0.3, -0.25) is 10.1 Å². The van der Waals surface area contributed by atoms with E-state index in [2.05, 4.69) is 10.3 Å². The molecule has 0 amide bonds. The van der Waals surface area contributed by atoms with Crippen molar-refractivity contribution in [2.75, 3.05) is 20.7 Å². The number of halogens is 1. The molecule has 3 aromatic rings. The number of esters is 1. The molecule has 1 heterocycles. The van der Waals surface area contributed by atoms with Gasteiger partial charge in [0.2, 0.25) is 6.54 Å². The maximum Gasteiger partial charge on any atom is 0.338 e. The van der Waals surface area contributed by atoms with Crippen molar-refractivity contribution in [3.05, 3.63) is 69.0 Å². The topological polar surface area (TPSA) is 97.3 Å². The van der Waals surface area contributed by atoms with Crippen molar-refractivity contribution in [1.29, 1.82) is 0 Å². The van der Waals surface area contributed by atoms with Gasteiger partial charge in [-0.05, 0) is 35.9 Å². The third-order valence-electron chi connectivity index (χ3n) is 4.54. The van der Waals surface area contributed by atoms with Crippen LogP contribution in [0.3, 0.4) is 0 Å². The molecule has 28 heavy (non-hydrogen) atoms. The molecule has 0 unspecified atom stereocenters. The molecule has 7 nitrogen and oxygen atoms in total. The summed E-state index contributed by atoms with van der Waals surface area (Å²) in [5.74, 6) is -1.28. The standard InChI is InChI=1S/C20H20FN3O4/c1-22-11-12-3-5-13(6-4-12)19-15(7-8-24(26)27)18-16(20(25)28-2)9-14(21)10-17(18)23-19/h3-6,9-10,22-23H,7-8,11H2,1-2H3. The number of fused-ring (bicyclic) bond motifs is 1. The van der Waals surface area contributed by atoms with Gasteiger partial charge in [0.15, 0.2) is 0 Å². The number of aromatic nitrogens is 1. The molecule has 146 valence electrons. The molecule has 3 rings (SSSR count). The molecule has 2 aromatic carbocycles. The van der Waals surface area contributed by atoms with Gasteiger partial charge in [-0.2, -0.15) is 0 Å². The number of nitrogens with one attached hydrogen (secondary N) is 2. The van der Waals surface area contributed by atoms with Crippen molar-refractivity contribution in [1.82, 2.24) is 10.3 Å². The zero-order valence-electron chi connectivity index (χ0n) is 15.5. The van der Waals surface area contributed by atoms with Crippen LogP contribution in [0.4, 0.5) is 4.39 Å². The summed E-state index contributed by atoms with van der Waals surface area (Å²) in [4.78, 5) is 25.9. The smallest absolute Gasteiger partial charge is 0.338 e. The third kappa shape index (κ3) is 3.86. The Morgan fingerprint density at radius 1 is 1.29 bits per heavy atom. The average Bonchev–Trinajstić information content (AvgIpc) is 3.04. The molecule has 0 spiro atoms. The van der Waals surface area contributed by atoms with Crippen LogP contribution in [-0.4, -0.2) is 36.6 Å². The fraction of sp³-hybridized carbons (Fsp3) is 0.250. The van der Waals surface area contributed by atoms with Crippen LogP contribution >= 0.6 is 0 Å². The predicted molar refractivity (Wildman–Crippen MR) is 103 cm³/mol. The number of rotatable bonds is 7. The summed E-state index contributed by atoms with van der Waals surface area (Å²) in [6.45, 7) is 0.397. The molecule has 0 saturated heterocycles. The number of nitro groups is 1.